The van der Waals surface area contributed by atoms with Crippen LogP contribution < -0.4 is 5.32 Å². The Morgan fingerprint density at radius 3 is 3.06 bits per heavy atom. The molecule has 16 heavy (non-hydrogen) atoms. The molecule has 2 saturated heterocycles. The number of rotatable bonds is 2. The number of amides is 1. The van der Waals surface area contributed by atoms with Crippen LogP contribution in [0.5, 0.6) is 0 Å². The van der Waals surface area contributed by atoms with Crippen LogP contribution in [0, 0.1) is 0 Å². The van der Waals surface area contributed by atoms with Gasteiger partial charge in [0, 0.05) is 32.3 Å². The van der Waals surface area contributed by atoms with Gasteiger partial charge in [0.15, 0.2) is 0 Å². The first-order valence-electron chi connectivity index (χ1n) is 6.39. The Hall–Kier alpha value is -0.610. The summed E-state index contributed by atoms with van der Waals surface area (Å²) in [6, 6.07) is 0.324. The summed E-state index contributed by atoms with van der Waals surface area (Å²) in [5.41, 5.74) is 0. The molecule has 1 amide bonds. The molecule has 1 N–H and O–H groups in total. The van der Waals surface area contributed by atoms with Gasteiger partial charge >= 0.3 is 0 Å². The van der Waals surface area contributed by atoms with E-state index in [9.17, 15) is 4.79 Å². The lowest BCUT2D eigenvalue weighted by atomic mass is 10.0. The predicted molar refractivity (Wildman–Crippen MR) is 62.3 cm³/mol. The molecule has 4 heteroatoms. The van der Waals surface area contributed by atoms with Gasteiger partial charge in [-0.05, 0) is 26.2 Å². The number of carbonyl (C=O) groups excluding carboxylic acids is 1. The van der Waals surface area contributed by atoms with Crippen molar-refractivity contribution in [2.24, 2.45) is 0 Å². The van der Waals surface area contributed by atoms with Crippen LogP contribution in [0.4, 0.5) is 0 Å². The van der Waals surface area contributed by atoms with Crippen molar-refractivity contribution in [3.05, 3.63) is 0 Å². The minimum absolute atomic E-state index is 0.170. The molecule has 1 unspecified atom stereocenters. The Kier molecular flexibility index (Phi) is 4.18. The van der Waals surface area contributed by atoms with Crippen LogP contribution in [0.25, 0.3) is 0 Å². The zero-order chi connectivity index (χ0) is 11.4. The zero-order valence-electron chi connectivity index (χ0n) is 10.1. The minimum Gasteiger partial charge on any atom is -0.378 e. The van der Waals surface area contributed by atoms with Gasteiger partial charge in [-0.1, -0.05) is 0 Å². The van der Waals surface area contributed by atoms with Crippen molar-refractivity contribution < 1.29 is 9.53 Å². The molecule has 0 aliphatic carbocycles. The van der Waals surface area contributed by atoms with Crippen LogP contribution in [0.3, 0.4) is 0 Å². The van der Waals surface area contributed by atoms with E-state index in [-0.39, 0.29) is 12.0 Å². The minimum atomic E-state index is 0.170. The number of nitrogens with one attached hydrogen (secondary N) is 1. The zero-order valence-corrected chi connectivity index (χ0v) is 10.1. The van der Waals surface area contributed by atoms with E-state index in [1.807, 2.05) is 4.90 Å². The molecule has 2 aliphatic rings. The van der Waals surface area contributed by atoms with Crippen molar-refractivity contribution in [2.45, 2.75) is 44.8 Å². The molecule has 0 aromatic rings. The van der Waals surface area contributed by atoms with Gasteiger partial charge in [-0.25, -0.2) is 0 Å². The number of nitrogens with zero attached hydrogens (tertiary/aromatic N) is 1. The van der Waals surface area contributed by atoms with E-state index >= 15 is 0 Å². The molecule has 0 saturated carbocycles. The summed E-state index contributed by atoms with van der Waals surface area (Å²) in [5, 5.41) is 3.30. The highest BCUT2D eigenvalue weighted by atomic mass is 16.5. The van der Waals surface area contributed by atoms with E-state index in [2.05, 4.69) is 12.2 Å². The molecule has 4 nitrogen and oxygen atoms in total. The van der Waals surface area contributed by atoms with Crippen LogP contribution in [-0.2, 0) is 9.53 Å². The third kappa shape index (κ3) is 2.95. The Bertz CT molecular complexity index is 239. The second kappa shape index (κ2) is 5.64. The Labute approximate surface area is 97.3 Å². The standard InChI is InChI=1S/C12H22N2O2/c1-10-9-13-5-6-14(10)12(15)8-11-4-2-3-7-16-11/h10-11,13H,2-9H2,1H3/t10-,11?/m1/s1. The van der Waals surface area contributed by atoms with Crippen molar-refractivity contribution in [2.75, 3.05) is 26.2 Å². The van der Waals surface area contributed by atoms with Gasteiger partial charge in [0.2, 0.25) is 5.91 Å². The van der Waals surface area contributed by atoms with E-state index in [1.165, 1.54) is 6.42 Å². The van der Waals surface area contributed by atoms with E-state index in [0.29, 0.717) is 12.5 Å². The van der Waals surface area contributed by atoms with Crippen molar-refractivity contribution >= 4 is 5.91 Å². The van der Waals surface area contributed by atoms with Gasteiger partial charge in [-0.15, -0.1) is 0 Å². The second-order valence-corrected chi connectivity index (χ2v) is 4.83. The normalized spacial score (nSPS) is 31.4. The topological polar surface area (TPSA) is 41.6 Å². The highest BCUT2D eigenvalue weighted by molar-refractivity contribution is 5.77. The fraction of sp³-hybridized carbons (Fsp3) is 0.917. The summed E-state index contributed by atoms with van der Waals surface area (Å²) < 4.78 is 5.61. The number of hydrogen-bond acceptors (Lipinski definition) is 3. The number of ether oxygens (including phenoxy) is 1. The van der Waals surface area contributed by atoms with Crippen molar-refractivity contribution in [1.29, 1.82) is 0 Å². The maximum absolute atomic E-state index is 12.1. The van der Waals surface area contributed by atoms with Gasteiger partial charge in [0.1, 0.15) is 0 Å². The summed E-state index contributed by atoms with van der Waals surface area (Å²) in [7, 11) is 0. The smallest absolute Gasteiger partial charge is 0.225 e. The molecule has 0 spiro atoms. The molecular weight excluding hydrogens is 204 g/mol. The van der Waals surface area contributed by atoms with E-state index in [4.69, 9.17) is 4.74 Å². The van der Waals surface area contributed by atoms with E-state index in [1.54, 1.807) is 0 Å². The molecule has 0 aromatic heterocycles. The lowest BCUT2D eigenvalue weighted by Crippen LogP contribution is -2.52. The average Bonchev–Trinajstić information content (AvgIpc) is 2.31. The van der Waals surface area contributed by atoms with Gasteiger partial charge in [-0.3, -0.25) is 4.79 Å². The lowest BCUT2D eigenvalue weighted by Gasteiger charge is -2.35. The number of piperazine rings is 1. The summed E-state index contributed by atoms with van der Waals surface area (Å²) in [6.45, 7) is 5.60. The summed E-state index contributed by atoms with van der Waals surface area (Å²) in [6.07, 6.45) is 4.14. The maximum Gasteiger partial charge on any atom is 0.225 e. The van der Waals surface area contributed by atoms with Gasteiger partial charge < -0.3 is 15.0 Å². The molecular formula is C12H22N2O2. The van der Waals surface area contributed by atoms with Crippen LogP contribution in [0.2, 0.25) is 0 Å². The van der Waals surface area contributed by atoms with Gasteiger partial charge in [0.05, 0.1) is 12.5 Å². The van der Waals surface area contributed by atoms with Gasteiger partial charge in [0.25, 0.3) is 0 Å². The highest BCUT2D eigenvalue weighted by Crippen LogP contribution is 2.17. The molecule has 2 fully saturated rings. The van der Waals surface area contributed by atoms with Gasteiger partial charge in [-0.2, -0.15) is 0 Å². The largest absolute Gasteiger partial charge is 0.378 e. The fourth-order valence-electron chi connectivity index (χ4n) is 2.49. The van der Waals surface area contributed by atoms with Crippen molar-refractivity contribution in [1.82, 2.24) is 10.2 Å². The maximum atomic E-state index is 12.1. The summed E-state index contributed by atoms with van der Waals surface area (Å²) in [5.74, 6) is 0.265. The van der Waals surface area contributed by atoms with Crippen LogP contribution in [0.1, 0.15) is 32.6 Å². The molecule has 0 aromatic carbocycles. The lowest BCUT2D eigenvalue weighted by molar-refractivity contribution is -0.137. The van der Waals surface area contributed by atoms with Crippen LogP contribution in [0.15, 0.2) is 0 Å². The van der Waals surface area contributed by atoms with E-state index < -0.39 is 0 Å². The molecule has 2 rings (SSSR count). The Morgan fingerprint density at radius 1 is 1.50 bits per heavy atom. The molecule has 2 aliphatic heterocycles. The van der Waals surface area contributed by atoms with Crippen LogP contribution in [-0.4, -0.2) is 49.2 Å². The first-order valence-corrected chi connectivity index (χ1v) is 6.39. The second-order valence-electron chi connectivity index (χ2n) is 4.83. The first kappa shape index (κ1) is 11.9. The predicted octanol–water partition coefficient (Wildman–Crippen LogP) is 0.766. The molecule has 2 heterocycles. The summed E-state index contributed by atoms with van der Waals surface area (Å²) in [4.78, 5) is 14.1. The van der Waals surface area contributed by atoms with Crippen LogP contribution >= 0.6 is 0 Å². The van der Waals surface area contributed by atoms with E-state index in [0.717, 1.165) is 39.1 Å². The van der Waals surface area contributed by atoms with Crippen molar-refractivity contribution in [3.8, 4) is 0 Å². The molecule has 92 valence electrons. The third-order valence-electron chi connectivity index (χ3n) is 3.50. The number of carbonyl (C=O) groups is 1. The molecule has 0 radical (unpaired) electrons. The molecule has 2 atom stereocenters. The first-order chi connectivity index (χ1) is 7.77. The Balaban J connectivity index is 1.81. The fourth-order valence-corrected chi connectivity index (χ4v) is 2.49. The van der Waals surface area contributed by atoms with Crippen molar-refractivity contribution in [3.63, 3.8) is 0 Å². The number of hydrogen-bond donors (Lipinski definition) is 1. The summed E-state index contributed by atoms with van der Waals surface area (Å²) >= 11 is 0. The quantitative estimate of drug-likeness (QED) is 0.756. The SMILES string of the molecule is C[C@@H]1CNCCN1C(=O)CC1CCCCO1. The monoisotopic (exact) mass is 226 g/mol. The third-order valence-corrected chi connectivity index (χ3v) is 3.50. The molecule has 0 bridgehead atoms. The Morgan fingerprint density at radius 2 is 2.38 bits per heavy atom. The highest BCUT2D eigenvalue weighted by Gasteiger charge is 2.26. The average molecular weight is 226 g/mol.